The Bertz CT molecular complexity index is 1100. The predicted octanol–water partition coefficient (Wildman–Crippen LogP) is 5.28. The third-order valence-corrected chi connectivity index (χ3v) is 5.44. The van der Waals surface area contributed by atoms with Gasteiger partial charge in [0.2, 0.25) is 0 Å². The van der Waals surface area contributed by atoms with Gasteiger partial charge in [-0.05, 0) is 48.1 Å². The standard InChI is InChI=1S/C26H32N4O2.2ClH/c1-16(2)13-22-21(15-28)24(19-11-9-18(14-27)10-12-19)25(17(3)29-22)30-26(31)20-7-5-6-8-23(20)32-4;;/h5-12,16H,13-15,27-28H2,1-4H3,(H,30,31);2*1H. The molecule has 34 heavy (non-hydrogen) atoms. The van der Waals surface area contributed by atoms with Crippen molar-refractivity contribution in [1.29, 1.82) is 0 Å². The molecule has 0 aliphatic heterocycles. The van der Waals surface area contributed by atoms with E-state index in [0.717, 1.165) is 40.1 Å². The quantitative estimate of drug-likeness (QED) is 0.387. The van der Waals surface area contributed by atoms with E-state index in [1.165, 1.54) is 0 Å². The van der Waals surface area contributed by atoms with E-state index < -0.39 is 0 Å². The number of para-hydroxylation sites is 1. The van der Waals surface area contributed by atoms with Crippen LogP contribution in [0.25, 0.3) is 11.1 Å². The lowest BCUT2D eigenvalue weighted by Gasteiger charge is -2.22. The van der Waals surface area contributed by atoms with Crippen LogP contribution in [0.1, 0.15) is 46.7 Å². The summed E-state index contributed by atoms with van der Waals surface area (Å²) < 4.78 is 5.37. The summed E-state index contributed by atoms with van der Waals surface area (Å²) in [6, 6.07) is 15.2. The summed E-state index contributed by atoms with van der Waals surface area (Å²) in [6.07, 6.45) is 0.808. The van der Waals surface area contributed by atoms with Crippen molar-refractivity contribution in [2.75, 3.05) is 12.4 Å². The molecule has 184 valence electrons. The van der Waals surface area contributed by atoms with E-state index in [9.17, 15) is 4.79 Å². The number of rotatable bonds is 8. The van der Waals surface area contributed by atoms with Gasteiger partial charge in [-0.3, -0.25) is 9.78 Å². The Labute approximate surface area is 214 Å². The molecule has 0 unspecified atom stereocenters. The lowest BCUT2D eigenvalue weighted by molar-refractivity contribution is 0.102. The number of pyridine rings is 1. The van der Waals surface area contributed by atoms with Gasteiger partial charge in [0.15, 0.2) is 0 Å². The van der Waals surface area contributed by atoms with Crippen molar-refractivity contribution < 1.29 is 9.53 Å². The van der Waals surface area contributed by atoms with Gasteiger partial charge in [-0.2, -0.15) is 0 Å². The molecular weight excluding hydrogens is 471 g/mol. The van der Waals surface area contributed by atoms with Gasteiger partial charge in [-0.15, -0.1) is 24.8 Å². The summed E-state index contributed by atoms with van der Waals surface area (Å²) in [5.74, 6) is 0.681. The molecule has 0 radical (unpaired) electrons. The van der Waals surface area contributed by atoms with Crippen molar-refractivity contribution in [2.45, 2.75) is 40.3 Å². The number of aryl methyl sites for hydroxylation is 1. The number of nitrogens with zero attached hydrogens (tertiary/aromatic N) is 1. The van der Waals surface area contributed by atoms with E-state index in [1.807, 2.05) is 43.3 Å². The van der Waals surface area contributed by atoms with Crippen LogP contribution in [0.2, 0.25) is 0 Å². The van der Waals surface area contributed by atoms with Gasteiger partial charge in [-0.1, -0.05) is 50.2 Å². The Morgan fingerprint density at radius 3 is 2.24 bits per heavy atom. The maximum absolute atomic E-state index is 13.2. The minimum absolute atomic E-state index is 0. The van der Waals surface area contributed by atoms with Crippen molar-refractivity contribution in [3.8, 4) is 16.9 Å². The molecule has 1 aromatic heterocycles. The molecule has 0 saturated heterocycles. The largest absolute Gasteiger partial charge is 0.496 e. The first kappa shape index (κ1) is 29.4. The van der Waals surface area contributed by atoms with E-state index in [1.54, 1.807) is 19.2 Å². The smallest absolute Gasteiger partial charge is 0.259 e. The van der Waals surface area contributed by atoms with Crippen LogP contribution < -0.4 is 21.5 Å². The monoisotopic (exact) mass is 504 g/mol. The molecule has 2 aromatic carbocycles. The molecule has 5 N–H and O–H groups in total. The van der Waals surface area contributed by atoms with Gasteiger partial charge in [0.25, 0.3) is 5.91 Å². The van der Waals surface area contributed by atoms with Crippen molar-refractivity contribution in [2.24, 2.45) is 17.4 Å². The van der Waals surface area contributed by atoms with E-state index in [0.29, 0.717) is 36.0 Å². The zero-order chi connectivity index (χ0) is 23.3. The second-order valence-corrected chi connectivity index (χ2v) is 8.23. The fourth-order valence-electron chi connectivity index (χ4n) is 3.87. The number of anilines is 1. The number of carbonyl (C=O) groups excluding carboxylic acids is 1. The average Bonchev–Trinajstić information content (AvgIpc) is 2.80. The summed E-state index contributed by atoms with van der Waals surface area (Å²) in [4.78, 5) is 18.1. The fourth-order valence-corrected chi connectivity index (χ4v) is 3.87. The predicted molar refractivity (Wildman–Crippen MR) is 144 cm³/mol. The maximum atomic E-state index is 13.2. The average molecular weight is 505 g/mol. The molecule has 3 rings (SSSR count). The first-order chi connectivity index (χ1) is 15.4. The number of ether oxygens (including phenoxy) is 1. The van der Waals surface area contributed by atoms with Crippen LogP contribution in [0.5, 0.6) is 5.75 Å². The third kappa shape index (κ3) is 6.48. The fraction of sp³-hybridized carbons (Fsp3) is 0.308. The molecule has 0 saturated carbocycles. The van der Waals surface area contributed by atoms with E-state index in [4.69, 9.17) is 21.2 Å². The van der Waals surface area contributed by atoms with Crippen LogP contribution in [0.4, 0.5) is 5.69 Å². The van der Waals surface area contributed by atoms with E-state index >= 15 is 0 Å². The highest BCUT2D eigenvalue weighted by atomic mass is 35.5. The Morgan fingerprint density at radius 2 is 1.68 bits per heavy atom. The van der Waals surface area contributed by atoms with E-state index in [-0.39, 0.29) is 30.7 Å². The summed E-state index contributed by atoms with van der Waals surface area (Å²) in [5.41, 5.74) is 18.7. The van der Waals surface area contributed by atoms with Gasteiger partial charge in [0.1, 0.15) is 5.75 Å². The van der Waals surface area contributed by atoms with Gasteiger partial charge in [0, 0.05) is 24.3 Å². The van der Waals surface area contributed by atoms with Crippen LogP contribution in [-0.4, -0.2) is 18.0 Å². The Morgan fingerprint density at radius 1 is 1.03 bits per heavy atom. The first-order valence-corrected chi connectivity index (χ1v) is 10.9. The normalized spacial score (nSPS) is 10.3. The number of nitrogens with one attached hydrogen (secondary N) is 1. The second-order valence-electron chi connectivity index (χ2n) is 8.23. The van der Waals surface area contributed by atoms with Crippen LogP contribution in [-0.2, 0) is 19.5 Å². The highest BCUT2D eigenvalue weighted by Gasteiger charge is 2.22. The second kappa shape index (κ2) is 13.3. The number of benzene rings is 2. The van der Waals surface area contributed by atoms with Gasteiger partial charge < -0.3 is 21.5 Å². The number of hydrogen-bond donors (Lipinski definition) is 3. The highest BCUT2D eigenvalue weighted by molar-refractivity contribution is 6.08. The van der Waals surface area contributed by atoms with Crippen molar-refractivity contribution in [3.05, 3.63) is 76.6 Å². The molecule has 0 bridgehead atoms. The molecule has 0 aliphatic carbocycles. The molecule has 0 atom stereocenters. The molecule has 1 amide bonds. The zero-order valence-corrected chi connectivity index (χ0v) is 21.7. The summed E-state index contributed by atoms with van der Waals surface area (Å²) in [6.45, 7) is 7.02. The zero-order valence-electron chi connectivity index (χ0n) is 20.1. The van der Waals surface area contributed by atoms with Crippen LogP contribution in [0, 0.1) is 12.8 Å². The lowest BCUT2D eigenvalue weighted by atomic mass is 9.92. The van der Waals surface area contributed by atoms with Gasteiger partial charge in [0.05, 0.1) is 24.1 Å². The topological polar surface area (TPSA) is 103 Å². The molecule has 0 spiro atoms. The summed E-state index contributed by atoms with van der Waals surface area (Å²) in [5, 5.41) is 3.09. The Balaban J connectivity index is 0.00000289. The number of nitrogens with two attached hydrogens (primary N) is 2. The molecule has 0 fully saturated rings. The maximum Gasteiger partial charge on any atom is 0.259 e. The third-order valence-electron chi connectivity index (χ3n) is 5.44. The Hall–Kier alpha value is -2.64. The highest BCUT2D eigenvalue weighted by Crippen LogP contribution is 2.36. The number of aromatic nitrogens is 1. The lowest BCUT2D eigenvalue weighted by Crippen LogP contribution is -2.18. The molecule has 8 heteroatoms. The van der Waals surface area contributed by atoms with Crippen LogP contribution in [0.15, 0.2) is 48.5 Å². The van der Waals surface area contributed by atoms with Gasteiger partial charge >= 0.3 is 0 Å². The minimum atomic E-state index is -0.258. The first-order valence-electron chi connectivity index (χ1n) is 10.9. The van der Waals surface area contributed by atoms with Crippen molar-refractivity contribution in [1.82, 2.24) is 4.98 Å². The molecule has 3 aromatic rings. The van der Waals surface area contributed by atoms with Crippen LogP contribution >= 0.6 is 24.8 Å². The minimum Gasteiger partial charge on any atom is -0.496 e. The summed E-state index contributed by atoms with van der Waals surface area (Å²) in [7, 11) is 1.55. The number of hydrogen-bond acceptors (Lipinski definition) is 5. The van der Waals surface area contributed by atoms with Crippen molar-refractivity contribution >= 4 is 36.4 Å². The number of amides is 1. The van der Waals surface area contributed by atoms with Crippen molar-refractivity contribution in [3.63, 3.8) is 0 Å². The SMILES string of the molecule is COc1ccccc1C(=O)Nc1c(C)nc(CC(C)C)c(CN)c1-c1ccc(CN)cc1.Cl.Cl. The molecule has 0 aliphatic rings. The molecule has 1 heterocycles. The summed E-state index contributed by atoms with van der Waals surface area (Å²) >= 11 is 0. The number of halogens is 2. The number of methoxy groups -OCH3 is 1. The van der Waals surface area contributed by atoms with Gasteiger partial charge in [-0.25, -0.2) is 0 Å². The number of carbonyl (C=O) groups is 1. The van der Waals surface area contributed by atoms with E-state index in [2.05, 4.69) is 19.2 Å². The Kier molecular flexibility index (Phi) is 11.5. The molecular formula is C26H34Cl2N4O2. The van der Waals surface area contributed by atoms with Crippen LogP contribution in [0.3, 0.4) is 0 Å². The molecule has 6 nitrogen and oxygen atoms in total.